The van der Waals surface area contributed by atoms with Crippen molar-refractivity contribution in [2.45, 2.75) is 75.3 Å². The van der Waals surface area contributed by atoms with Crippen LogP contribution in [-0.2, 0) is 31.9 Å². The Balaban J connectivity index is 1.36. The van der Waals surface area contributed by atoms with Gasteiger partial charge in [0.1, 0.15) is 35.6 Å². The van der Waals surface area contributed by atoms with Crippen LogP contribution in [0.1, 0.15) is 81.0 Å². The number of ketones is 3. The highest BCUT2D eigenvalue weighted by molar-refractivity contribution is 6.31. The van der Waals surface area contributed by atoms with Crippen LogP contribution in [0.15, 0.2) is 24.4 Å². The molecule has 0 spiro atoms. The molecule has 16 nitrogen and oxygen atoms in total. The van der Waals surface area contributed by atoms with E-state index in [1.807, 2.05) is 0 Å². The SMILES string of the molecule is COc1cccc2c1C(=O)c1c(O)c3c(c(O)c1C2=O)C[C@@](O)(C(=O)CO)C[C@@H]3O[C@H]1C[C@H](NC(=O)CCc2cn[nH]n2)[C@H](O)[C@H](C)O1. The van der Waals surface area contributed by atoms with Crippen molar-refractivity contribution in [2.24, 2.45) is 0 Å². The number of aromatic hydroxyl groups is 2. The third-order valence-corrected chi connectivity index (χ3v) is 9.18. The summed E-state index contributed by atoms with van der Waals surface area (Å²) in [6, 6.07) is 3.46. The van der Waals surface area contributed by atoms with Gasteiger partial charge in [-0.2, -0.15) is 15.4 Å². The van der Waals surface area contributed by atoms with Crippen LogP contribution >= 0.6 is 0 Å². The molecule has 2 aromatic carbocycles. The number of hydrogen-bond acceptors (Lipinski definition) is 14. The van der Waals surface area contributed by atoms with Gasteiger partial charge >= 0.3 is 0 Å². The van der Waals surface area contributed by atoms with Gasteiger partial charge in [-0.15, -0.1) is 0 Å². The second kappa shape index (κ2) is 12.7. The second-order valence-electron chi connectivity index (χ2n) is 12.1. The average molecular weight is 667 g/mol. The molecule has 16 heteroatoms. The number of nitrogens with zero attached hydrogens (tertiary/aromatic N) is 2. The lowest BCUT2D eigenvalue weighted by molar-refractivity contribution is -0.249. The van der Waals surface area contributed by atoms with Gasteiger partial charge in [-0.05, 0) is 13.0 Å². The fraction of sp³-hybridized carbons (Fsp3) is 0.438. The molecule has 2 heterocycles. The molecule has 3 aliphatic rings. The molecule has 48 heavy (non-hydrogen) atoms. The molecular formula is C32H34N4O12. The van der Waals surface area contributed by atoms with Gasteiger partial charge in [0.15, 0.2) is 17.9 Å². The number of phenolic OH excluding ortho intramolecular Hbond substituents is 2. The van der Waals surface area contributed by atoms with Crippen LogP contribution in [0.4, 0.5) is 0 Å². The van der Waals surface area contributed by atoms with Gasteiger partial charge in [0.2, 0.25) is 11.7 Å². The number of H-pyrrole nitrogens is 1. The van der Waals surface area contributed by atoms with E-state index in [4.69, 9.17) is 14.2 Å². The lowest BCUT2D eigenvalue weighted by atomic mass is 9.72. The van der Waals surface area contributed by atoms with E-state index in [1.54, 1.807) is 6.92 Å². The van der Waals surface area contributed by atoms with Crippen molar-refractivity contribution in [2.75, 3.05) is 13.7 Å². The Morgan fingerprint density at radius 3 is 2.58 bits per heavy atom. The molecule has 7 N–H and O–H groups in total. The highest BCUT2D eigenvalue weighted by Crippen LogP contribution is 2.52. The first-order valence-electron chi connectivity index (χ1n) is 15.2. The topological polar surface area (TPSA) is 251 Å². The molecule has 0 saturated carbocycles. The Kier molecular flexibility index (Phi) is 8.78. The predicted octanol–water partition coefficient (Wildman–Crippen LogP) is -0.0903. The minimum Gasteiger partial charge on any atom is -0.507 e. The number of nitrogens with one attached hydrogen (secondary N) is 2. The van der Waals surface area contributed by atoms with Crippen molar-refractivity contribution < 1.29 is 58.9 Å². The number of carbonyl (C=O) groups excluding carboxylic acids is 4. The molecule has 1 aliphatic heterocycles. The van der Waals surface area contributed by atoms with Gasteiger partial charge < -0.3 is 45.1 Å². The quantitative estimate of drug-likeness (QED) is 0.115. The second-order valence-corrected chi connectivity index (χ2v) is 12.1. The zero-order valence-corrected chi connectivity index (χ0v) is 25.9. The van der Waals surface area contributed by atoms with E-state index >= 15 is 0 Å². The van der Waals surface area contributed by atoms with Crippen molar-refractivity contribution in [3.8, 4) is 17.2 Å². The van der Waals surface area contributed by atoms with E-state index in [1.165, 1.54) is 31.5 Å². The first-order chi connectivity index (χ1) is 22.9. The lowest BCUT2D eigenvalue weighted by Crippen LogP contribution is -2.55. The summed E-state index contributed by atoms with van der Waals surface area (Å²) in [4.78, 5) is 53.1. The van der Waals surface area contributed by atoms with Gasteiger partial charge in [-0.3, -0.25) is 19.2 Å². The summed E-state index contributed by atoms with van der Waals surface area (Å²) < 4.78 is 17.4. The first kappa shape index (κ1) is 33.2. The van der Waals surface area contributed by atoms with Gasteiger partial charge in [0.05, 0.1) is 53.9 Å². The molecule has 1 fully saturated rings. The Morgan fingerprint density at radius 1 is 1.15 bits per heavy atom. The number of ether oxygens (including phenoxy) is 3. The molecule has 3 aromatic rings. The number of aliphatic hydroxyl groups is 3. The van der Waals surface area contributed by atoms with E-state index in [2.05, 4.69) is 20.7 Å². The third kappa shape index (κ3) is 5.60. The molecule has 0 radical (unpaired) electrons. The third-order valence-electron chi connectivity index (χ3n) is 9.18. The van der Waals surface area contributed by atoms with Gasteiger partial charge in [0, 0.05) is 48.8 Å². The minimum atomic E-state index is -2.32. The normalized spacial score (nSPS) is 26.3. The summed E-state index contributed by atoms with van der Waals surface area (Å²) in [5.41, 5.74) is -3.38. The molecule has 1 amide bonds. The Bertz CT molecular complexity index is 1790. The molecule has 0 bridgehead atoms. The smallest absolute Gasteiger partial charge is 0.220 e. The summed E-state index contributed by atoms with van der Waals surface area (Å²) >= 11 is 0. The molecule has 2 aliphatic carbocycles. The van der Waals surface area contributed by atoms with Gasteiger partial charge in [0.25, 0.3) is 0 Å². The van der Waals surface area contributed by atoms with Crippen molar-refractivity contribution >= 4 is 23.3 Å². The Morgan fingerprint density at radius 2 is 1.90 bits per heavy atom. The van der Waals surface area contributed by atoms with Crippen molar-refractivity contribution in [3.63, 3.8) is 0 Å². The number of aromatic nitrogens is 3. The van der Waals surface area contributed by atoms with Crippen LogP contribution < -0.4 is 10.1 Å². The number of hydrogen-bond donors (Lipinski definition) is 7. The molecule has 1 aromatic heterocycles. The van der Waals surface area contributed by atoms with Crippen LogP contribution in [-0.4, -0.2) is 108 Å². The maximum absolute atomic E-state index is 13.8. The van der Waals surface area contributed by atoms with E-state index in [9.17, 15) is 44.7 Å². The van der Waals surface area contributed by atoms with E-state index < -0.39 is 102 Å². The molecule has 0 unspecified atom stereocenters. The maximum Gasteiger partial charge on any atom is 0.220 e. The number of aryl methyl sites for hydroxylation is 1. The van der Waals surface area contributed by atoms with Gasteiger partial charge in [-0.1, -0.05) is 12.1 Å². The molecular weight excluding hydrogens is 632 g/mol. The zero-order valence-electron chi connectivity index (χ0n) is 25.9. The number of fused-ring (bicyclic) bond motifs is 3. The van der Waals surface area contributed by atoms with Crippen LogP contribution in [0, 0.1) is 0 Å². The molecule has 254 valence electrons. The standard InChI is InChI=1S/C32H34N4O12/c1-13-27(40)17(34-21(39)7-6-14-11-33-36-35-14)8-22(47-13)48-19-10-32(45,20(38)12-37)9-16-24(19)31(44)26-25(29(16)42)28(41)15-4-3-5-18(46-2)23(15)30(26)43/h3-5,11,13,17,19,22,27,37,40,42,44-45H,6-10,12H2,1-2H3,(H,34,39)(H,33,35,36)/t13-,17-,19-,22-,27+,32-/m0/s1. The summed E-state index contributed by atoms with van der Waals surface area (Å²) in [6.07, 6.45) is -4.12. The zero-order chi connectivity index (χ0) is 34.5. The van der Waals surface area contributed by atoms with Crippen molar-refractivity contribution in [3.05, 3.63) is 63.5 Å². The van der Waals surface area contributed by atoms with E-state index in [-0.39, 0.29) is 47.3 Å². The molecule has 6 rings (SSSR count). The molecule has 6 atom stereocenters. The van der Waals surface area contributed by atoms with Crippen LogP contribution in [0.25, 0.3) is 0 Å². The summed E-state index contributed by atoms with van der Waals surface area (Å²) in [5.74, 6) is -4.39. The summed E-state index contributed by atoms with van der Waals surface area (Å²) in [6.45, 7) is 0.483. The first-order valence-corrected chi connectivity index (χ1v) is 15.2. The number of benzene rings is 2. The number of rotatable bonds is 9. The van der Waals surface area contributed by atoms with Crippen LogP contribution in [0.3, 0.4) is 0 Å². The number of aliphatic hydroxyl groups excluding tert-OH is 2. The van der Waals surface area contributed by atoms with E-state index in [0.717, 1.165) is 0 Å². The number of phenols is 2. The van der Waals surface area contributed by atoms with Crippen molar-refractivity contribution in [1.82, 2.24) is 20.7 Å². The number of Topliss-reactive ketones (excluding diaryl/α,β-unsaturated/α-hetero) is 1. The van der Waals surface area contributed by atoms with Crippen LogP contribution in [0.5, 0.6) is 17.2 Å². The van der Waals surface area contributed by atoms with Gasteiger partial charge in [-0.25, -0.2) is 0 Å². The summed E-state index contributed by atoms with van der Waals surface area (Å²) in [7, 11) is 1.31. The highest BCUT2D eigenvalue weighted by atomic mass is 16.7. The predicted molar refractivity (Wildman–Crippen MR) is 160 cm³/mol. The van der Waals surface area contributed by atoms with Crippen molar-refractivity contribution in [1.29, 1.82) is 0 Å². The number of methoxy groups -OCH3 is 1. The summed E-state index contributed by atoms with van der Waals surface area (Å²) in [5, 5.41) is 68.0. The molecule has 1 saturated heterocycles. The number of carbonyl (C=O) groups is 4. The highest BCUT2D eigenvalue weighted by Gasteiger charge is 2.50. The monoisotopic (exact) mass is 666 g/mol. The minimum absolute atomic E-state index is 0.0434. The Labute approximate surface area is 272 Å². The fourth-order valence-electron chi connectivity index (χ4n) is 6.73. The lowest BCUT2D eigenvalue weighted by Gasteiger charge is -2.43. The van der Waals surface area contributed by atoms with Crippen LogP contribution in [0.2, 0.25) is 0 Å². The van der Waals surface area contributed by atoms with E-state index in [0.29, 0.717) is 5.69 Å². The maximum atomic E-state index is 13.8. The fourth-order valence-corrected chi connectivity index (χ4v) is 6.73. The number of aromatic amines is 1. The largest absolute Gasteiger partial charge is 0.507 e. The Hall–Kier alpha value is -4.74. The average Bonchev–Trinajstić information content (AvgIpc) is 3.59. The number of amides is 1.